The molecular formula is C9H12O2S2. The summed E-state index contributed by atoms with van der Waals surface area (Å²) < 4.78 is 5.85. The number of carbonyl (C=O) groups excluding carboxylic acids is 1. The van der Waals surface area contributed by atoms with Gasteiger partial charge in [-0.25, -0.2) is 0 Å². The molecule has 1 heterocycles. The molecule has 1 aromatic heterocycles. The Balaban J connectivity index is 2.05. The van der Waals surface area contributed by atoms with Gasteiger partial charge in [-0.3, -0.25) is 4.79 Å². The summed E-state index contributed by atoms with van der Waals surface area (Å²) in [5.41, 5.74) is 0. The Labute approximate surface area is 86.3 Å². The highest BCUT2D eigenvalue weighted by atomic mass is 32.2. The molecule has 0 aliphatic rings. The van der Waals surface area contributed by atoms with Gasteiger partial charge < -0.3 is 4.74 Å². The molecule has 0 radical (unpaired) electrons. The molecule has 0 aliphatic carbocycles. The Morgan fingerprint density at radius 1 is 1.69 bits per heavy atom. The van der Waals surface area contributed by atoms with Crippen LogP contribution in [0.25, 0.3) is 0 Å². The highest BCUT2D eigenvalue weighted by Crippen LogP contribution is 2.24. The number of ether oxygens (including phenoxy) is 1. The van der Waals surface area contributed by atoms with Crippen molar-refractivity contribution in [3.63, 3.8) is 0 Å². The van der Waals surface area contributed by atoms with Crippen LogP contribution in [0.1, 0.15) is 12.8 Å². The molecule has 1 rings (SSSR count). The molecule has 0 saturated heterocycles. The maximum absolute atomic E-state index is 10.7. The van der Waals surface area contributed by atoms with Gasteiger partial charge in [-0.15, -0.1) is 23.1 Å². The molecule has 1 aromatic rings. The Hall–Kier alpha value is -0.480. The summed E-state index contributed by atoms with van der Waals surface area (Å²) in [5.74, 6) is 0.863. The lowest BCUT2D eigenvalue weighted by atomic mass is 10.3. The van der Waals surface area contributed by atoms with Gasteiger partial charge >= 0.3 is 5.97 Å². The first-order valence-electron chi connectivity index (χ1n) is 4.06. The SMILES string of the molecule is COC(=O)CCCSc1cccs1. The lowest BCUT2D eigenvalue weighted by Crippen LogP contribution is -1.99. The van der Waals surface area contributed by atoms with Gasteiger partial charge in [-0.1, -0.05) is 6.07 Å². The Morgan fingerprint density at radius 3 is 3.15 bits per heavy atom. The van der Waals surface area contributed by atoms with E-state index in [-0.39, 0.29) is 5.97 Å². The summed E-state index contributed by atoms with van der Waals surface area (Å²) in [7, 11) is 1.43. The summed E-state index contributed by atoms with van der Waals surface area (Å²) >= 11 is 3.52. The normalized spacial score (nSPS) is 9.92. The molecule has 0 N–H and O–H groups in total. The number of thioether (sulfide) groups is 1. The quantitative estimate of drug-likeness (QED) is 0.430. The van der Waals surface area contributed by atoms with Crippen molar-refractivity contribution in [1.29, 1.82) is 0 Å². The van der Waals surface area contributed by atoms with Gasteiger partial charge in [0.05, 0.1) is 11.3 Å². The number of thiophene rings is 1. The first kappa shape index (κ1) is 10.6. The number of methoxy groups -OCH3 is 1. The van der Waals surface area contributed by atoms with E-state index in [1.165, 1.54) is 11.3 Å². The smallest absolute Gasteiger partial charge is 0.305 e. The van der Waals surface area contributed by atoms with Gasteiger partial charge in [0.15, 0.2) is 0 Å². The molecule has 2 nitrogen and oxygen atoms in total. The van der Waals surface area contributed by atoms with E-state index in [0.29, 0.717) is 6.42 Å². The Bertz CT molecular complexity index is 244. The zero-order valence-electron chi connectivity index (χ0n) is 7.49. The van der Waals surface area contributed by atoms with E-state index in [4.69, 9.17) is 0 Å². The predicted octanol–water partition coefficient (Wildman–Crippen LogP) is 2.79. The lowest BCUT2D eigenvalue weighted by Gasteiger charge is -1.98. The highest BCUT2D eigenvalue weighted by molar-refractivity contribution is 8.01. The van der Waals surface area contributed by atoms with E-state index in [2.05, 4.69) is 16.2 Å². The molecule has 0 unspecified atom stereocenters. The largest absolute Gasteiger partial charge is 0.469 e. The molecule has 0 fully saturated rings. The van der Waals surface area contributed by atoms with Gasteiger partial charge in [0.2, 0.25) is 0 Å². The van der Waals surface area contributed by atoms with Gasteiger partial charge in [0.25, 0.3) is 0 Å². The van der Waals surface area contributed by atoms with Gasteiger partial charge in [-0.2, -0.15) is 0 Å². The number of esters is 1. The van der Waals surface area contributed by atoms with Crippen LogP contribution < -0.4 is 0 Å². The van der Waals surface area contributed by atoms with E-state index >= 15 is 0 Å². The fraction of sp³-hybridized carbons (Fsp3) is 0.444. The van der Waals surface area contributed by atoms with E-state index in [1.54, 1.807) is 23.1 Å². The first-order chi connectivity index (χ1) is 6.33. The van der Waals surface area contributed by atoms with Crippen molar-refractivity contribution < 1.29 is 9.53 Å². The molecule has 0 spiro atoms. The van der Waals surface area contributed by atoms with E-state index < -0.39 is 0 Å². The monoisotopic (exact) mass is 216 g/mol. The van der Waals surface area contributed by atoms with Crippen molar-refractivity contribution in [2.45, 2.75) is 17.1 Å². The minimum absolute atomic E-state index is 0.119. The third-order valence-corrected chi connectivity index (χ3v) is 3.71. The van der Waals surface area contributed by atoms with Crippen LogP contribution in [0.4, 0.5) is 0 Å². The summed E-state index contributed by atoms with van der Waals surface area (Å²) in [6, 6.07) is 4.13. The molecular weight excluding hydrogens is 204 g/mol. The number of hydrogen-bond acceptors (Lipinski definition) is 4. The van der Waals surface area contributed by atoms with Crippen LogP contribution in [0.15, 0.2) is 21.7 Å². The summed E-state index contributed by atoms with van der Waals surface area (Å²) in [5, 5.41) is 2.06. The second-order valence-electron chi connectivity index (χ2n) is 2.46. The van der Waals surface area contributed by atoms with Crippen molar-refractivity contribution >= 4 is 29.1 Å². The number of rotatable bonds is 5. The second kappa shape index (κ2) is 6.05. The average molecular weight is 216 g/mol. The molecule has 13 heavy (non-hydrogen) atoms. The molecule has 0 bridgehead atoms. The summed E-state index contributed by atoms with van der Waals surface area (Å²) in [6.07, 6.45) is 1.41. The number of carbonyl (C=O) groups is 1. The fourth-order valence-electron chi connectivity index (χ4n) is 0.837. The summed E-state index contributed by atoms with van der Waals surface area (Å²) in [6.45, 7) is 0. The van der Waals surface area contributed by atoms with Crippen LogP contribution in [-0.2, 0) is 9.53 Å². The molecule has 0 amide bonds. The maximum atomic E-state index is 10.7. The zero-order chi connectivity index (χ0) is 9.52. The standard InChI is InChI=1S/C9H12O2S2/c1-11-8(10)4-2-6-12-9-5-3-7-13-9/h3,5,7H,2,4,6H2,1H3. The predicted molar refractivity (Wildman–Crippen MR) is 56.3 cm³/mol. The van der Waals surface area contributed by atoms with Gasteiger partial charge in [0, 0.05) is 6.42 Å². The maximum Gasteiger partial charge on any atom is 0.305 e. The molecule has 72 valence electrons. The van der Waals surface area contributed by atoms with Crippen LogP contribution in [0.2, 0.25) is 0 Å². The van der Waals surface area contributed by atoms with Crippen molar-refractivity contribution in [2.75, 3.05) is 12.9 Å². The molecule has 4 heteroatoms. The van der Waals surface area contributed by atoms with Crippen molar-refractivity contribution in [3.05, 3.63) is 17.5 Å². The van der Waals surface area contributed by atoms with Crippen LogP contribution in [0, 0.1) is 0 Å². The minimum atomic E-state index is -0.119. The van der Waals surface area contributed by atoms with Crippen LogP contribution in [-0.4, -0.2) is 18.8 Å². The zero-order valence-corrected chi connectivity index (χ0v) is 9.12. The fourth-order valence-corrected chi connectivity index (χ4v) is 2.64. The average Bonchev–Trinajstić information content (AvgIpc) is 2.64. The van der Waals surface area contributed by atoms with Crippen LogP contribution in [0.3, 0.4) is 0 Å². The van der Waals surface area contributed by atoms with Crippen LogP contribution in [0.5, 0.6) is 0 Å². The van der Waals surface area contributed by atoms with E-state index in [0.717, 1.165) is 12.2 Å². The molecule has 0 aromatic carbocycles. The van der Waals surface area contributed by atoms with Crippen LogP contribution >= 0.6 is 23.1 Å². The Morgan fingerprint density at radius 2 is 2.54 bits per heavy atom. The number of hydrogen-bond donors (Lipinski definition) is 0. The Kier molecular flexibility index (Phi) is 4.93. The van der Waals surface area contributed by atoms with Crippen molar-refractivity contribution in [2.24, 2.45) is 0 Å². The lowest BCUT2D eigenvalue weighted by molar-refractivity contribution is -0.140. The van der Waals surface area contributed by atoms with Crippen molar-refractivity contribution in [1.82, 2.24) is 0 Å². The first-order valence-corrected chi connectivity index (χ1v) is 5.92. The third-order valence-electron chi connectivity index (χ3n) is 1.49. The van der Waals surface area contributed by atoms with E-state index in [9.17, 15) is 4.79 Å². The molecule has 0 aliphatic heterocycles. The highest BCUT2D eigenvalue weighted by Gasteiger charge is 2.00. The summed E-state index contributed by atoms with van der Waals surface area (Å²) in [4.78, 5) is 10.7. The third kappa shape index (κ3) is 4.33. The second-order valence-corrected chi connectivity index (χ2v) is 4.80. The van der Waals surface area contributed by atoms with Gasteiger partial charge in [-0.05, 0) is 23.6 Å². The van der Waals surface area contributed by atoms with Crippen molar-refractivity contribution in [3.8, 4) is 0 Å². The topological polar surface area (TPSA) is 26.3 Å². The van der Waals surface area contributed by atoms with Gasteiger partial charge in [0.1, 0.15) is 0 Å². The molecule has 0 atom stereocenters. The molecule has 0 saturated carbocycles. The minimum Gasteiger partial charge on any atom is -0.469 e. The van der Waals surface area contributed by atoms with E-state index in [1.807, 2.05) is 6.07 Å².